The highest BCUT2D eigenvalue weighted by atomic mass is 16.9. The molecule has 3 heterocycles. The molecule has 11 heavy (non-hydrogen) atoms. The molecule has 5 nitrogen and oxygen atoms in total. The van der Waals surface area contributed by atoms with Gasteiger partial charge in [0.15, 0.2) is 26.2 Å². The summed E-state index contributed by atoms with van der Waals surface area (Å²) in [6, 6.07) is 0. The number of fused-ring (bicyclic) bond motifs is 3. The van der Waals surface area contributed by atoms with Crippen LogP contribution in [0.2, 0.25) is 0 Å². The summed E-state index contributed by atoms with van der Waals surface area (Å²) >= 11 is 0. The van der Waals surface area contributed by atoms with Gasteiger partial charge in [-0.2, -0.15) is 0 Å². The summed E-state index contributed by atoms with van der Waals surface area (Å²) in [7, 11) is 0. The normalized spacial score (nSPS) is 54.5. The van der Waals surface area contributed by atoms with Crippen LogP contribution in [0.15, 0.2) is 0 Å². The second-order valence-corrected chi connectivity index (χ2v) is 2.70. The van der Waals surface area contributed by atoms with Crippen LogP contribution in [-0.4, -0.2) is 38.4 Å². The van der Waals surface area contributed by atoms with Crippen LogP contribution in [0, 0.1) is 0 Å². The van der Waals surface area contributed by atoms with Crippen molar-refractivity contribution >= 4 is 0 Å². The largest absolute Gasteiger partial charge is 0.344 e. The van der Waals surface area contributed by atoms with Crippen molar-refractivity contribution in [2.75, 3.05) is 13.6 Å². The Morgan fingerprint density at radius 3 is 1.82 bits per heavy atom. The molecule has 0 aromatic rings. The molecule has 0 saturated carbocycles. The molecule has 0 spiro atoms. The minimum atomic E-state index is -0.287. The molecule has 3 aliphatic heterocycles. The first-order valence-electron chi connectivity index (χ1n) is 3.57. The van der Waals surface area contributed by atoms with Gasteiger partial charge in [-0.15, -0.1) is 0 Å². The van der Waals surface area contributed by atoms with Crippen molar-refractivity contribution in [1.82, 2.24) is 0 Å². The third-order valence-corrected chi connectivity index (χ3v) is 2.11. The zero-order valence-electron chi connectivity index (χ0n) is 5.76. The Labute approximate surface area is 63.1 Å². The van der Waals surface area contributed by atoms with E-state index in [0.717, 1.165) is 0 Å². The molecule has 3 rings (SSSR count). The van der Waals surface area contributed by atoms with E-state index in [4.69, 9.17) is 23.7 Å². The first-order chi connectivity index (χ1) is 5.45. The fraction of sp³-hybridized carbons (Fsp3) is 1.00. The van der Waals surface area contributed by atoms with Gasteiger partial charge in [-0.25, -0.2) is 0 Å². The van der Waals surface area contributed by atoms with Crippen LogP contribution in [0.25, 0.3) is 0 Å². The summed E-state index contributed by atoms with van der Waals surface area (Å²) < 4.78 is 26.0. The Kier molecular flexibility index (Phi) is 1.24. The van der Waals surface area contributed by atoms with E-state index in [1.807, 2.05) is 0 Å². The van der Waals surface area contributed by atoms with Crippen LogP contribution in [0.3, 0.4) is 0 Å². The fourth-order valence-electron chi connectivity index (χ4n) is 1.58. The zero-order valence-corrected chi connectivity index (χ0v) is 5.76. The average Bonchev–Trinajstić information content (AvgIpc) is 2.52. The van der Waals surface area contributed by atoms with E-state index in [2.05, 4.69) is 0 Å². The molecule has 0 aromatic carbocycles. The van der Waals surface area contributed by atoms with Crippen LogP contribution >= 0.6 is 0 Å². The van der Waals surface area contributed by atoms with Gasteiger partial charge >= 0.3 is 0 Å². The van der Waals surface area contributed by atoms with Crippen LogP contribution in [0.5, 0.6) is 0 Å². The van der Waals surface area contributed by atoms with Crippen molar-refractivity contribution < 1.29 is 23.7 Å². The second-order valence-electron chi connectivity index (χ2n) is 2.70. The van der Waals surface area contributed by atoms with E-state index in [1.54, 1.807) is 0 Å². The van der Waals surface area contributed by atoms with Crippen LogP contribution in [0.1, 0.15) is 0 Å². The van der Waals surface area contributed by atoms with Gasteiger partial charge in [-0.3, -0.25) is 0 Å². The predicted octanol–water partition coefficient (Wildman–Crippen LogP) is -0.585. The molecule has 0 N–H and O–H groups in total. The van der Waals surface area contributed by atoms with Gasteiger partial charge in [0.05, 0.1) is 0 Å². The number of hydrogen-bond acceptors (Lipinski definition) is 5. The van der Waals surface area contributed by atoms with Crippen molar-refractivity contribution in [2.45, 2.75) is 24.8 Å². The monoisotopic (exact) mass is 160 g/mol. The highest BCUT2D eigenvalue weighted by Gasteiger charge is 2.53. The lowest BCUT2D eigenvalue weighted by Crippen LogP contribution is -2.29. The molecule has 3 saturated heterocycles. The minimum Gasteiger partial charge on any atom is -0.344 e. The number of hydrogen-bond donors (Lipinski definition) is 0. The lowest BCUT2D eigenvalue weighted by Gasteiger charge is -2.08. The predicted molar refractivity (Wildman–Crippen MR) is 30.3 cm³/mol. The summed E-state index contributed by atoms with van der Waals surface area (Å²) in [6.07, 6.45) is -0.763. The maximum Gasteiger partial charge on any atom is 0.192 e. The Morgan fingerprint density at radius 2 is 1.27 bits per heavy atom. The Balaban J connectivity index is 1.84. The van der Waals surface area contributed by atoms with E-state index < -0.39 is 0 Å². The molecule has 3 fully saturated rings. The van der Waals surface area contributed by atoms with Gasteiger partial charge in [0.1, 0.15) is 12.2 Å². The minimum absolute atomic E-state index is 0.0949. The summed E-state index contributed by atoms with van der Waals surface area (Å²) in [5.41, 5.74) is 0. The Morgan fingerprint density at radius 1 is 0.727 bits per heavy atom. The Hall–Kier alpha value is -0.200. The van der Waals surface area contributed by atoms with Gasteiger partial charge in [0.25, 0.3) is 0 Å². The van der Waals surface area contributed by atoms with Crippen molar-refractivity contribution in [2.24, 2.45) is 0 Å². The van der Waals surface area contributed by atoms with E-state index in [-0.39, 0.29) is 24.8 Å². The topological polar surface area (TPSA) is 46.2 Å². The maximum atomic E-state index is 5.31. The van der Waals surface area contributed by atoms with Gasteiger partial charge in [0.2, 0.25) is 0 Å². The van der Waals surface area contributed by atoms with Gasteiger partial charge in [-0.1, -0.05) is 0 Å². The summed E-state index contributed by atoms with van der Waals surface area (Å²) in [6.45, 7) is 0.587. The first-order valence-corrected chi connectivity index (χ1v) is 3.57. The number of rotatable bonds is 0. The fourth-order valence-corrected chi connectivity index (χ4v) is 1.58. The molecule has 62 valence electrons. The van der Waals surface area contributed by atoms with Crippen molar-refractivity contribution in [3.63, 3.8) is 0 Å². The SMILES string of the molecule is C1OC2OC3OCOC3C2O1. The smallest absolute Gasteiger partial charge is 0.192 e. The average molecular weight is 160 g/mol. The quantitative estimate of drug-likeness (QED) is 0.474. The molecule has 0 bridgehead atoms. The number of ether oxygens (including phenoxy) is 5. The molecule has 3 aliphatic rings. The van der Waals surface area contributed by atoms with Gasteiger partial charge in [-0.05, 0) is 0 Å². The molecular formula is C6H8O5. The van der Waals surface area contributed by atoms with Crippen LogP contribution in [-0.2, 0) is 23.7 Å². The van der Waals surface area contributed by atoms with Crippen molar-refractivity contribution in [3.05, 3.63) is 0 Å². The highest BCUT2D eigenvalue weighted by Crippen LogP contribution is 2.34. The van der Waals surface area contributed by atoms with Crippen LogP contribution in [0.4, 0.5) is 0 Å². The molecule has 5 heteroatoms. The summed E-state index contributed by atoms with van der Waals surface area (Å²) in [4.78, 5) is 0. The van der Waals surface area contributed by atoms with E-state index in [9.17, 15) is 0 Å². The molecule has 4 atom stereocenters. The molecule has 0 aliphatic carbocycles. The molecule has 0 aromatic heterocycles. The third kappa shape index (κ3) is 0.771. The van der Waals surface area contributed by atoms with E-state index in [0.29, 0.717) is 13.6 Å². The lowest BCUT2D eigenvalue weighted by molar-refractivity contribution is -0.187. The summed E-state index contributed by atoms with van der Waals surface area (Å²) in [5, 5.41) is 0. The maximum absolute atomic E-state index is 5.31. The molecular weight excluding hydrogens is 152 g/mol. The van der Waals surface area contributed by atoms with Gasteiger partial charge < -0.3 is 23.7 Å². The summed E-state index contributed by atoms with van der Waals surface area (Å²) in [5.74, 6) is 0. The molecule has 4 unspecified atom stereocenters. The lowest BCUT2D eigenvalue weighted by atomic mass is 10.2. The third-order valence-electron chi connectivity index (χ3n) is 2.11. The first kappa shape index (κ1) is 6.33. The molecule has 0 radical (unpaired) electrons. The van der Waals surface area contributed by atoms with Gasteiger partial charge in [0, 0.05) is 0 Å². The standard InChI is InChI=1S/C6H8O5/c1-7-3-4-6(10-2-8-4)11-5(3)9-1/h3-6H,1-2H2. The second kappa shape index (κ2) is 2.15. The van der Waals surface area contributed by atoms with Crippen LogP contribution < -0.4 is 0 Å². The van der Waals surface area contributed by atoms with E-state index in [1.165, 1.54) is 0 Å². The Bertz CT molecular complexity index is 154. The molecule has 0 amide bonds. The zero-order chi connectivity index (χ0) is 7.26. The van der Waals surface area contributed by atoms with Crippen molar-refractivity contribution in [1.29, 1.82) is 0 Å². The van der Waals surface area contributed by atoms with E-state index >= 15 is 0 Å². The highest BCUT2D eigenvalue weighted by molar-refractivity contribution is 4.88. The van der Waals surface area contributed by atoms with Crippen molar-refractivity contribution in [3.8, 4) is 0 Å².